The van der Waals surface area contributed by atoms with Crippen molar-refractivity contribution in [2.75, 3.05) is 13.1 Å². The first-order chi connectivity index (χ1) is 12.5. The Kier molecular flexibility index (Phi) is 4.13. The van der Waals surface area contributed by atoms with Crippen LogP contribution in [0.15, 0.2) is 59.8 Å². The first-order valence-corrected chi connectivity index (χ1v) is 9.76. The van der Waals surface area contributed by atoms with E-state index in [4.69, 9.17) is 0 Å². The second kappa shape index (κ2) is 6.34. The highest BCUT2D eigenvalue weighted by molar-refractivity contribution is 7.89. The zero-order valence-corrected chi connectivity index (χ0v) is 15.1. The number of sulfonamides is 1. The lowest BCUT2D eigenvalue weighted by Gasteiger charge is -2.25. The quantitative estimate of drug-likeness (QED) is 0.710. The van der Waals surface area contributed by atoms with Gasteiger partial charge in [0.2, 0.25) is 10.0 Å². The van der Waals surface area contributed by atoms with Crippen LogP contribution in [0.5, 0.6) is 0 Å². The highest BCUT2D eigenvalue weighted by atomic mass is 32.2. The molecule has 0 atom stereocenters. The van der Waals surface area contributed by atoms with Crippen molar-refractivity contribution in [3.05, 3.63) is 66.2 Å². The lowest BCUT2D eigenvalue weighted by molar-refractivity contribution is 0.440. The Bertz CT molecular complexity index is 1120. The highest BCUT2D eigenvalue weighted by Gasteiger charge is 2.27. The number of aryl methyl sites for hydroxylation is 1. The van der Waals surface area contributed by atoms with Crippen LogP contribution in [0.4, 0.5) is 4.39 Å². The Hall–Kier alpha value is -2.51. The van der Waals surface area contributed by atoms with E-state index in [0.29, 0.717) is 13.0 Å². The summed E-state index contributed by atoms with van der Waals surface area (Å²) in [5.74, 6) is -0.553. The number of hydrogen-bond donors (Lipinski definition) is 0. The summed E-state index contributed by atoms with van der Waals surface area (Å²) < 4.78 is 42.2. The number of pyridine rings is 1. The molecular formula is C19H18FN3O2S. The van der Waals surface area contributed by atoms with Gasteiger partial charge < -0.3 is 4.57 Å². The average Bonchev–Trinajstić information content (AvgIpc) is 2.99. The summed E-state index contributed by atoms with van der Waals surface area (Å²) in [4.78, 5) is 4.38. The molecule has 0 saturated heterocycles. The van der Waals surface area contributed by atoms with Gasteiger partial charge >= 0.3 is 0 Å². The number of halogens is 1. The van der Waals surface area contributed by atoms with Crippen LogP contribution in [0.25, 0.3) is 16.6 Å². The normalized spacial score (nSPS) is 16.0. The van der Waals surface area contributed by atoms with E-state index < -0.39 is 15.8 Å². The second-order valence-corrected chi connectivity index (χ2v) is 8.27. The smallest absolute Gasteiger partial charge is 0.243 e. The van der Waals surface area contributed by atoms with Crippen molar-refractivity contribution in [2.45, 2.75) is 11.3 Å². The van der Waals surface area contributed by atoms with Gasteiger partial charge in [-0.25, -0.2) is 17.8 Å². The molecule has 3 heterocycles. The molecule has 7 heteroatoms. The molecular weight excluding hydrogens is 353 g/mol. The topological polar surface area (TPSA) is 55.2 Å². The summed E-state index contributed by atoms with van der Waals surface area (Å²) in [6.45, 7) is 0.631. The van der Waals surface area contributed by atoms with E-state index >= 15 is 0 Å². The maximum atomic E-state index is 13.4. The van der Waals surface area contributed by atoms with Crippen molar-refractivity contribution in [3.8, 4) is 0 Å². The van der Waals surface area contributed by atoms with Gasteiger partial charge in [-0.3, -0.25) is 0 Å². The zero-order valence-electron chi connectivity index (χ0n) is 14.3. The standard InChI is InChI=1S/C19H18FN3O2S/c1-22-13-18(17-6-3-9-21-19(17)22)14-7-10-23(11-8-14)26(24,25)16-5-2-4-15(20)12-16/h2-7,9,12-13H,8,10-11H2,1H3. The lowest BCUT2D eigenvalue weighted by atomic mass is 10.0. The Labute approximate surface area is 151 Å². The predicted molar refractivity (Wildman–Crippen MR) is 98.5 cm³/mol. The third-order valence-electron chi connectivity index (χ3n) is 4.69. The second-order valence-electron chi connectivity index (χ2n) is 6.33. The maximum absolute atomic E-state index is 13.4. The summed E-state index contributed by atoms with van der Waals surface area (Å²) in [5.41, 5.74) is 3.09. The Balaban J connectivity index is 1.64. The van der Waals surface area contributed by atoms with Crippen molar-refractivity contribution in [1.29, 1.82) is 0 Å². The minimum atomic E-state index is -3.70. The van der Waals surface area contributed by atoms with Crippen LogP contribution >= 0.6 is 0 Å². The third-order valence-corrected chi connectivity index (χ3v) is 6.55. The fourth-order valence-electron chi connectivity index (χ4n) is 3.36. The SMILES string of the molecule is Cn1cc(C2=CCN(S(=O)(=O)c3cccc(F)c3)CC2)c2cccnc21. The molecule has 1 aliphatic rings. The minimum absolute atomic E-state index is 0.0105. The average molecular weight is 371 g/mol. The third kappa shape index (κ3) is 2.83. The predicted octanol–water partition coefficient (Wildman–Crippen LogP) is 3.19. The molecule has 3 aromatic rings. The van der Waals surface area contributed by atoms with Crippen LogP contribution in [-0.2, 0) is 17.1 Å². The molecule has 26 heavy (non-hydrogen) atoms. The van der Waals surface area contributed by atoms with E-state index in [1.165, 1.54) is 22.5 Å². The summed E-state index contributed by atoms with van der Waals surface area (Å²) in [7, 11) is -1.75. The molecule has 0 aliphatic carbocycles. The van der Waals surface area contributed by atoms with E-state index in [9.17, 15) is 12.8 Å². The maximum Gasteiger partial charge on any atom is 0.243 e. The molecule has 0 radical (unpaired) electrons. The van der Waals surface area contributed by atoms with Crippen LogP contribution < -0.4 is 0 Å². The van der Waals surface area contributed by atoms with Crippen molar-refractivity contribution >= 4 is 26.6 Å². The number of benzene rings is 1. The van der Waals surface area contributed by atoms with Gasteiger partial charge in [0.05, 0.1) is 4.90 Å². The molecule has 1 aliphatic heterocycles. The molecule has 134 valence electrons. The number of fused-ring (bicyclic) bond motifs is 1. The Morgan fingerprint density at radius 3 is 2.77 bits per heavy atom. The van der Waals surface area contributed by atoms with Crippen molar-refractivity contribution in [3.63, 3.8) is 0 Å². The summed E-state index contributed by atoms with van der Waals surface area (Å²) in [5, 5.41) is 1.06. The zero-order chi connectivity index (χ0) is 18.3. The van der Waals surface area contributed by atoms with Crippen LogP contribution in [0, 0.1) is 5.82 Å². The van der Waals surface area contributed by atoms with Gasteiger partial charge in [0.1, 0.15) is 11.5 Å². The van der Waals surface area contributed by atoms with E-state index in [1.807, 2.05) is 36.0 Å². The summed E-state index contributed by atoms with van der Waals surface area (Å²) in [6, 6.07) is 9.06. The molecule has 1 aromatic carbocycles. The van der Waals surface area contributed by atoms with Gasteiger partial charge in [-0.1, -0.05) is 12.1 Å². The van der Waals surface area contributed by atoms with E-state index in [0.717, 1.165) is 28.2 Å². The van der Waals surface area contributed by atoms with Crippen molar-refractivity contribution in [2.24, 2.45) is 7.05 Å². The molecule has 0 amide bonds. The molecule has 4 rings (SSSR count). The Morgan fingerprint density at radius 1 is 1.19 bits per heavy atom. The van der Waals surface area contributed by atoms with Gasteiger partial charge in [-0.05, 0) is 42.3 Å². The summed E-state index contributed by atoms with van der Waals surface area (Å²) >= 11 is 0. The van der Waals surface area contributed by atoms with Gasteiger partial charge in [0, 0.05) is 43.5 Å². The summed E-state index contributed by atoms with van der Waals surface area (Å²) in [6.07, 6.45) is 6.32. The minimum Gasteiger partial charge on any atom is -0.335 e. The number of nitrogens with zero attached hydrogens (tertiary/aromatic N) is 3. The van der Waals surface area contributed by atoms with Crippen LogP contribution in [0.3, 0.4) is 0 Å². The van der Waals surface area contributed by atoms with Gasteiger partial charge in [-0.15, -0.1) is 0 Å². The number of rotatable bonds is 3. The Morgan fingerprint density at radius 2 is 2.04 bits per heavy atom. The molecule has 2 aromatic heterocycles. The van der Waals surface area contributed by atoms with Crippen LogP contribution in [0.2, 0.25) is 0 Å². The van der Waals surface area contributed by atoms with E-state index in [1.54, 1.807) is 6.20 Å². The highest BCUT2D eigenvalue weighted by Crippen LogP contribution is 2.31. The number of hydrogen-bond acceptors (Lipinski definition) is 3. The largest absolute Gasteiger partial charge is 0.335 e. The molecule has 0 unspecified atom stereocenters. The van der Waals surface area contributed by atoms with Crippen LogP contribution in [-0.4, -0.2) is 35.4 Å². The monoisotopic (exact) mass is 371 g/mol. The molecule has 0 fully saturated rings. The van der Waals surface area contributed by atoms with Gasteiger partial charge in [0.25, 0.3) is 0 Å². The number of aromatic nitrogens is 2. The van der Waals surface area contributed by atoms with Crippen LogP contribution in [0.1, 0.15) is 12.0 Å². The molecule has 0 N–H and O–H groups in total. The van der Waals surface area contributed by atoms with E-state index in [-0.39, 0.29) is 11.4 Å². The lowest BCUT2D eigenvalue weighted by Crippen LogP contribution is -2.34. The van der Waals surface area contributed by atoms with Gasteiger partial charge in [0.15, 0.2) is 0 Å². The van der Waals surface area contributed by atoms with Crippen molar-refractivity contribution in [1.82, 2.24) is 13.9 Å². The van der Waals surface area contributed by atoms with Crippen molar-refractivity contribution < 1.29 is 12.8 Å². The van der Waals surface area contributed by atoms with E-state index in [2.05, 4.69) is 4.98 Å². The fourth-order valence-corrected chi connectivity index (χ4v) is 4.77. The first-order valence-electron chi connectivity index (χ1n) is 8.32. The molecule has 5 nitrogen and oxygen atoms in total. The first kappa shape index (κ1) is 16.9. The molecule has 0 saturated carbocycles. The van der Waals surface area contributed by atoms with Gasteiger partial charge in [-0.2, -0.15) is 4.31 Å². The fraction of sp³-hybridized carbons (Fsp3) is 0.211. The molecule has 0 spiro atoms. The molecule has 0 bridgehead atoms.